The van der Waals surface area contributed by atoms with Crippen molar-refractivity contribution >= 4 is 17.4 Å². The summed E-state index contributed by atoms with van der Waals surface area (Å²) >= 11 is 0.613. The highest BCUT2D eigenvalue weighted by atomic mass is 32.2. The molecular formula is C14H15F2NS. The first kappa shape index (κ1) is 12.0. The average Bonchev–Trinajstić information content (AvgIpc) is 2.69. The average molecular weight is 267 g/mol. The number of thioether (sulfide) groups is 1. The zero-order chi connectivity index (χ0) is 12.5. The summed E-state index contributed by atoms with van der Waals surface area (Å²) in [6.45, 7) is 0. The number of nitrogens with one attached hydrogen (secondary N) is 1. The first-order valence-electron chi connectivity index (χ1n) is 6.21. The van der Waals surface area contributed by atoms with Gasteiger partial charge in [-0.25, -0.2) is 0 Å². The second kappa shape index (κ2) is 4.92. The van der Waals surface area contributed by atoms with E-state index in [0.29, 0.717) is 28.6 Å². The minimum atomic E-state index is -2.37. The Morgan fingerprint density at radius 2 is 2.11 bits per heavy atom. The lowest BCUT2D eigenvalue weighted by molar-refractivity contribution is 0.217. The zero-order valence-corrected chi connectivity index (χ0v) is 10.7. The summed E-state index contributed by atoms with van der Waals surface area (Å²) in [6.07, 6.45) is 6.81. The number of alkyl halides is 2. The molecule has 2 aliphatic rings. The van der Waals surface area contributed by atoms with Crippen LogP contribution in [0.3, 0.4) is 0 Å². The molecule has 3 unspecified atom stereocenters. The summed E-state index contributed by atoms with van der Waals surface area (Å²) in [7, 11) is 0. The molecule has 2 aliphatic carbocycles. The first-order valence-corrected chi connectivity index (χ1v) is 7.09. The molecule has 1 aromatic carbocycles. The number of allylic oxidation sites excluding steroid dienone is 1. The van der Waals surface area contributed by atoms with Crippen LogP contribution in [0.25, 0.3) is 0 Å². The number of hydrogen-bond acceptors (Lipinski definition) is 2. The molecule has 4 heteroatoms. The van der Waals surface area contributed by atoms with Crippen molar-refractivity contribution in [2.45, 2.75) is 29.5 Å². The number of fused-ring (bicyclic) bond motifs is 1. The van der Waals surface area contributed by atoms with E-state index in [1.807, 2.05) is 12.1 Å². The third-order valence-corrected chi connectivity index (χ3v) is 4.59. The Morgan fingerprint density at radius 3 is 2.89 bits per heavy atom. The van der Waals surface area contributed by atoms with Crippen LogP contribution >= 0.6 is 11.8 Å². The lowest BCUT2D eigenvalue weighted by atomic mass is 9.71. The summed E-state index contributed by atoms with van der Waals surface area (Å²) in [4.78, 5) is 0.637. The maximum Gasteiger partial charge on any atom is 0.288 e. The van der Waals surface area contributed by atoms with Crippen molar-refractivity contribution in [2.24, 2.45) is 11.8 Å². The molecule has 1 aromatic rings. The highest BCUT2D eigenvalue weighted by molar-refractivity contribution is 7.99. The maximum absolute atomic E-state index is 12.5. The Hall–Kier alpha value is -1.03. The molecule has 1 saturated carbocycles. The fraction of sp³-hybridized carbons (Fsp3) is 0.429. The lowest BCUT2D eigenvalue weighted by Crippen LogP contribution is -2.43. The highest BCUT2D eigenvalue weighted by Gasteiger charge is 2.41. The van der Waals surface area contributed by atoms with Gasteiger partial charge in [0.15, 0.2) is 0 Å². The van der Waals surface area contributed by atoms with E-state index in [2.05, 4.69) is 17.5 Å². The lowest BCUT2D eigenvalue weighted by Gasteiger charge is -2.41. The van der Waals surface area contributed by atoms with Crippen molar-refractivity contribution < 1.29 is 8.78 Å². The van der Waals surface area contributed by atoms with Crippen LogP contribution in [-0.4, -0.2) is 11.8 Å². The molecule has 1 N–H and O–H groups in total. The van der Waals surface area contributed by atoms with Gasteiger partial charge in [-0.1, -0.05) is 36.0 Å². The molecule has 0 radical (unpaired) electrons. The topological polar surface area (TPSA) is 12.0 Å². The van der Waals surface area contributed by atoms with Gasteiger partial charge in [0.1, 0.15) is 0 Å². The largest absolute Gasteiger partial charge is 0.381 e. The SMILES string of the molecule is FC(F)Sc1ccccc1NC1CC2CC=CC21. The van der Waals surface area contributed by atoms with E-state index in [4.69, 9.17) is 0 Å². The van der Waals surface area contributed by atoms with E-state index in [9.17, 15) is 8.78 Å². The predicted molar refractivity (Wildman–Crippen MR) is 71.1 cm³/mol. The van der Waals surface area contributed by atoms with Crippen LogP contribution in [0.1, 0.15) is 12.8 Å². The Morgan fingerprint density at radius 1 is 1.28 bits per heavy atom. The molecule has 3 rings (SSSR count). The minimum Gasteiger partial charge on any atom is -0.381 e. The van der Waals surface area contributed by atoms with Gasteiger partial charge in [0.2, 0.25) is 0 Å². The fourth-order valence-corrected chi connectivity index (χ4v) is 3.47. The van der Waals surface area contributed by atoms with Crippen LogP contribution < -0.4 is 5.32 Å². The van der Waals surface area contributed by atoms with Crippen molar-refractivity contribution in [3.05, 3.63) is 36.4 Å². The molecule has 96 valence electrons. The number of benzene rings is 1. The van der Waals surface area contributed by atoms with Crippen LogP contribution in [-0.2, 0) is 0 Å². The van der Waals surface area contributed by atoms with Crippen molar-refractivity contribution in [3.63, 3.8) is 0 Å². The quantitative estimate of drug-likeness (QED) is 0.642. The predicted octanol–water partition coefficient (Wildman–Crippen LogP) is 4.38. The number of hydrogen-bond donors (Lipinski definition) is 1. The van der Waals surface area contributed by atoms with Gasteiger partial charge in [-0.15, -0.1) is 0 Å². The Kier molecular flexibility index (Phi) is 3.29. The monoisotopic (exact) mass is 267 g/mol. The van der Waals surface area contributed by atoms with Gasteiger partial charge in [-0.05, 0) is 30.9 Å². The molecule has 0 amide bonds. The Labute approximate surface area is 110 Å². The van der Waals surface area contributed by atoms with Gasteiger partial charge in [0.05, 0.1) is 0 Å². The standard InChI is InChI=1S/C14H15F2NS/c15-14(16)18-13-7-2-1-6-11(13)17-12-8-9-4-3-5-10(9)12/h1-3,5-7,9-10,12,14,17H,4,8H2. The second-order valence-corrected chi connectivity index (χ2v) is 5.89. The van der Waals surface area contributed by atoms with Gasteiger partial charge >= 0.3 is 0 Å². The zero-order valence-electron chi connectivity index (χ0n) is 9.85. The van der Waals surface area contributed by atoms with Crippen molar-refractivity contribution in [1.82, 2.24) is 0 Å². The van der Waals surface area contributed by atoms with E-state index in [-0.39, 0.29) is 0 Å². The summed E-state index contributed by atoms with van der Waals surface area (Å²) in [5.41, 5.74) is 0.839. The normalized spacial score (nSPS) is 29.2. The number of anilines is 1. The van der Waals surface area contributed by atoms with Gasteiger partial charge in [-0.2, -0.15) is 8.78 Å². The Bertz CT molecular complexity index is 461. The number of halogens is 2. The molecule has 0 aliphatic heterocycles. The molecule has 1 fully saturated rings. The van der Waals surface area contributed by atoms with Gasteiger partial charge in [0, 0.05) is 22.5 Å². The van der Waals surface area contributed by atoms with Crippen molar-refractivity contribution in [1.29, 1.82) is 0 Å². The van der Waals surface area contributed by atoms with Gasteiger partial charge < -0.3 is 5.32 Å². The minimum absolute atomic E-state index is 0.410. The third kappa shape index (κ3) is 2.26. The molecule has 18 heavy (non-hydrogen) atoms. The maximum atomic E-state index is 12.5. The van der Waals surface area contributed by atoms with E-state index in [1.54, 1.807) is 12.1 Å². The van der Waals surface area contributed by atoms with Crippen LogP contribution in [0.4, 0.5) is 14.5 Å². The second-order valence-electron chi connectivity index (χ2n) is 4.86. The fourth-order valence-electron chi connectivity index (χ4n) is 2.87. The Balaban J connectivity index is 1.70. The molecule has 0 heterocycles. The highest BCUT2D eigenvalue weighted by Crippen LogP contribution is 2.45. The van der Waals surface area contributed by atoms with E-state index < -0.39 is 5.76 Å². The van der Waals surface area contributed by atoms with E-state index >= 15 is 0 Å². The summed E-state index contributed by atoms with van der Waals surface area (Å²) < 4.78 is 24.9. The molecule has 1 nitrogen and oxygen atoms in total. The van der Waals surface area contributed by atoms with Crippen molar-refractivity contribution in [2.75, 3.05) is 5.32 Å². The van der Waals surface area contributed by atoms with Crippen LogP contribution in [0, 0.1) is 11.8 Å². The molecule has 0 saturated heterocycles. The van der Waals surface area contributed by atoms with Crippen LogP contribution in [0.15, 0.2) is 41.3 Å². The number of rotatable bonds is 4. The molecule has 0 bridgehead atoms. The molecule has 3 atom stereocenters. The van der Waals surface area contributed by atoms with Crippen molar-refractivity contribution in [3.8, 4) is 0 Å². The summed E-state index contributed by atoms with van der Waals surface area (Å²) in [6, 6.07) is 7.73. The van der Waals surface area contributed by atoms with E-state index in [0.717, 1.165) is 18.0 Å². The third-order valence-electron chi connectivity index (χ3n) is 3.81. The smallest absolute Gasteiger partial charge is 0.288 e. The number of para-hydroxylation sites is 1. The molecular weight excluding hydrogens is 252 g/mol. The van der Waals surface area contributed by atoms with Gasteiger partial charge in [-0.3, -0.25) is 0 Å². The molecule has 0 aromatic heterocycles. The van der Waals surface area contributed by atoms with Gasteiger partial charge in [0.25, 0.3) is 5.76 Å². The molecule has 0 spiro atoms. The summed E-state index contributed by atoms with van der Waals surface area (Å²) in [5, 5.41) is 3.42. The van der Waals surface area contributed by atoms with Crippen LogP contribution in [0.5, 0.6) is 0 Å². The van der Waals surface area contributed by atoms with Crippen LogP contribution in [0.2, 0.25) is 0 Å². The van der Waals surface area contributed by atoms with E-state index in [1.165, 1.54) is 6.42 Å². The summed E-state index contributed by atoms with van der Waals surface area (Å²) in [5.74, 6) is -1.000. The first-order chi connectivity index (χ1) is 8.74.